The van der Waals surface area contributed by atoms with E-state index >= 15 is 0 Å². The molecule has 13 aromatic rings. The minimum atomic E-state index is 0.662. The number of nitrogens with zero attached hydrogens (tertiary/aromatic N) is 4. The molecule has 9 aromatic carbocycles. The van der Waals surface area contributed by atoms with E-state index in [1.165, 1.54) is 69.3 Å². The highest BCUT2D eigenvalue weighted by Gasteiger charge is 2.23. The van der Waals surface area contributed by atoms with Gasteiger partial charge in [-0.05, 0) is 65.0 Å². The van der Waals surface area contributed by atoms with Crippen molar-refractivity contribution in [3.05, 3.63) is 194 Å². The maximum absolute atomic E-state index is 5.57. The minimum Gasteiger partial charge on any atom is -0.309 e. The number of hydrogen-bond donors (Lipinski definition) is 0. The van der Waals surface area contributed by atoms with Crippen LogP contribution in [-0.2, 0) is 0 Å². The molecule has 0 atom stereocenters. The normalized spacial score (nSPS) is 12.1. The molecule has 0 aliphatic heterocycles. The Morgan fingerprint density at radius 2 is 1.00 bits per heavy atom. The van der Waals surface area contributed by atoms with Gasteiger partial charge in [0.15, 0.2) is 0 Å². The third-order valence-corrected chi connectivity index (χ3v) is 13.3. The Bertz CT molecular complexity index is 3850. The zero-order valence-corrected chi connectivity index (χ0v) is 32.5. The van der Waals surface area contributed by atoms with E-state index in [0.29, 0.717) is 5.95 Å². The number of hydrogen-bond acceptors (Lipinski definition) is 3. The van der Waals surface area contributed by atoms with Gasteiger partial charge in [-0.3, -0.25) is 4.57 Å². The second-order valence-corrected chi connectivity index (χ2v) is 16.4. The molecular weight excluding hydrogens is 737 g/mol. The van der Waals surface area contributed by atoms with Crippen molar-refractivity contribution in [2.24, 2.45) is 0 Å². The van der Waals surface area contributed by atoms with Crippen molar-refractivity contribution in [1.29, 1.82) is 0 Å². The Hall–Kier alpha value is -7.60. The third-order valence-electron chi connectivity index (χ3n) is 12.1. The number of thiophene rings is 1. The molecule has 4 heterocycles. The highest BCUT2D eigenvalue weighted by Crippen LogP contribution is 2.45. The first-order valence-electron chi connectivity index (χ1n) is 20.0. The molecule has 13 rings (SSSR count). The van der Waals surface area contributed by atoms with Crippen molar-refractivity contribution in [2.75, 3.05) is 0 Å². The van der Waals surface area contributed by atoms with Crippen LogP contribution in [0.15, 0.2) is 194 Å². The van der Waals surface area contributed by atoms with E-state index < -0.39 is 0 Å². The number of rotatable bonds is 4. The second-order valence-electron chi connectivity index (χ2n) is 15.3. The van der Waals surface area contributed by atoms with Crippen LogP contribution in [0.3, 0.4) is 0 Å². The fourth-order valence-electron chi connectivity index (χ4n) is 9.57. The molecule has 0 aliphatic carbocycles. The first-order chi connectivity index (χ1) is 29.3. The summed E-state index contributed by atoms with van der Waals surface area (Å²) in [7, 11) is 0. The van der Waals surface area contributed by atoms with Gasteiger partial charge < -0.3 is 4.57 Å². The third kappa shape index (κ3) is 4.71. The summed E-state index contributed by atoms with van der Waals surface area (Å²) in [4.78, 5) is 10.9. The van der Waals surface area contributed by atoms with E-state index in [0.717, 1.165) is 44.3 Å². The van der Waals surface area contributed by atoms with Crippen LogP contribution in [0.2, 0.25) is 0 Å². The van der Waals surface area contributed by atoms with Crippen LogP contribution in [0.1, 0.15) is 0 Å². The summed E-state index contributed by atoms with van der Waals surface area (Å²) in [6.07, 6.45) is 0. The Morgan fingerprint density at radius 3 is 1.83 bits per heavy atom. The van der Waals surface area contributed by atoms with Crippen LogP contribution in [0.25, 0.3) is 119 Å². The Labute approximate surface area is 342 Å². The molecule has 0 radical (unpaired) electrons. The lowest BCUT2D eigenvalue weighted by Crippen LogP contribution is -2.04. The van der Waals surface area contributed by atoms with E-state index in [-0.39, 0.29) is 0 Å². The predicted octanol–water partition coefficient (Wildman–Crippen LogP) is 14.7. The quantitative estimate of drug-likeness (QED) is 0.179. The highest BCUT2D eigenvalue weighted by molar-refractivity contribution is 7.26. The maximum atomic E-state index is 5.57. The van der Waals surface area contributed by atoms with Gasteiger partial charge in [0.25, 0.3) is 0 Å². The highest BCUT2D eigenvalue weighted by atomic mass is 32.1. The molecule has 0 spiro atoms. The first-order valence-corrected chi connectivity index (χ1v) is 20.8. The van der Waals surface area contributed by atoms with Gasteiger partial charge in [-0.1, -0.05) is 146 Å². The van der Waals surface area contributed by atoms with Gasteiger partial charge in [0.2, 0.25) is 5.95 Å². The van der Waals surface area contributed by atoms with Crippen molar-refractivity contribution < 1.29 is 0 Å². The lowest BCUT2D eigenvalue weighted by atomic mass is 9.94. The first kappa shape index (κ1) is 32.5. The van der Waals surface area contributed by atoms with Crippen molar-refractivity contribution in [3.63, 3.8) is 0 Å². The Kier molecular flexibility index (Phi) is 6.85. The molecule has 0 fully saturated rings. The van der Waals surface area contributed by atoms with Crippen molar-refractivity contribution in [3.8, 4) is 34.0 Å². The monoisotopic (exact) mass is 768 g/mol. The zero-order chi connectivity index (χ0) is 38.6. The molecule has 4 nitrogen and oxygen atoms in total. The minimum absolute atomic E-state index is 0.662. The SMILES string of the molecule is c1ccc(-n2c3ccccc3c3ccc(-c4cc5c6ccccc6n(-c6nc(-c7cccc8c7sc7ccccc78)c7ccccc7n6)c5c5ccccc45)cc32)cc1. The topological polar surface area (TPSA) is 35.6 Å². The molecule has 0 saturated heterocycles. The summed E-state index contributed by atoms with van der Waals surface area (Å²) in [5, 5.41) is 10.7. The molecule has 0 unspecified atom stereocenters. The number of fused-ring (bicyclic) bond motifs is 12. The molecule has 4 aromatic heterocycles. The Balaban J connectivity index is 1.10. The molecule has 0 bridgehead atoms. The predicted molar refractivity (Wildman–Crippen MR) is 249 cm³/mol. The summed E-state index contributed by atoms with van der Waals surface area (Å²) in [6, 6.07) is 70.1. The molecule has 0 amide bonds. The van der Waals surface area contributed by atoms with Crippen LogP contribution >= 0.6 is 11.3 Å². The van der Waals surface area contributed by atoms with Crippen LogP contribution in [0.4, 0.5) is 0 Å². The van der Waals surface area contributed by atoms with Gasteiger partial charge in [-0.15, -0.1) is 11.3 Å². The van der Waals surface area contributed by atoms with Gasteiger partial charge in [0, 0.05) is 63.7 Å². The van der Waals surface area contributed by atoms with E-state index in [4.69, 9.17) is 9.97 Å². The average molecular weight is 769 g/mol. The number of benzene rings is 9. The van der Waals surface area contributed by atoms with E-state index in [9.17, 15) is 0 Å². The van der Waals surface area contributed by atoms with Gasteiger partial charge in [0.05, 0.1) is 33.3 Å². The second kappa shape index (κ2) is 12.4. The van der Waals surface area contributed by atoms with Crippen molar-refractivity contribution in [2.45, 2.75) is 0 Å². The van der Waals surface area contributed by atoms with Crippen molar-refractivity contribution >= 4 is 96.8 Å². The fraction of sp³-hybridized carbons (Fsp3) is 0. The van der Waals surface area contributed by atoms with Crippen molar-refractivity contribution in [1.82, 2.24) is 19.1 Å². The van der Waals surface area contributed by atoms with Crippen LogP contribution < -0.4 is 0 Å². The van der Waals surface area contributed by atoms with E-state index in [1.54, 1.807) is 0 Å². The molecule has 0 saturated carbocycles. The molecule has 274 valence electrons. The molecule has 59 heavy (non-hydrogen) atoms. The van der Waals surface area contributed by atoms with Gasteiger partial charge in [0.1, 0.15) is 0 Å². The molecule has 0 aliphatic rings. The standard InChI is InChI=1S/C54H32N4S/c1-2-15-34(16-3-1)57-47-26-11-7-18-36(47)38-30-29-33(31-49(38)57)44-32-45-37-19-8-12-27-48(37)58(52(45)40-21-5-4-17-35(40)44)54-55-46-25-10-6-22-42(46)51(56-54)43-24-14-23-41-39-20-9-13-28-50(39)59-53(41)43/h1-32H. The molecule has 5 heteroatoms. The maximum Gasteiger partial charge on any atom is 0.235 e. The smallest absolute Gasteiger partial charge is 0.235 e. The van der Waals surface area contributed by atoms with Crippen LogP contribution in [0, 0.1) is 0 Å². The summed E-state index contributed by atoms with van der Waals surface area (Å²) in [5.74, 6) is 0.662. The summed E-state index contributed by atoms with van der Waals surface area (Å²) in [6.45, 7) is 0. The van der Waals surface area contributed by atoms with Crippen LogP contribution in [-0.4, -0.2) is 19.1 Å². The largest absolute Gasteiger partial charge is 0.309 e. The summed E-state index contributed by atoms with van der Waals surface area (Å²) >= 11 is 1.83. The number of aromatic nitrogens is 4. The van der Waals surface area contributed by atoms with Gasteiger partial charge in [-0.2, -0.15) is 0 Å². The summed E-state index contributed by atoms with van der Waals surface area (Å²) in [5.41, 5.74) is 11.1. The average Bonchev–Trinajstić information content (AvgIpc) is 3.96. The van der Waals surface area contributed by atoms with E-state index in [2.05, 4.69) is 203 Å². The van der Waals surface area contributed by atoms with E-state index in [1.807, 2.05) is 11.3 Å². The Morgan fingerprint density at radius 1 is 0.373 bits per heavy atom. The lowest BCUT2D eigenvalue weighted by molar-refractivity contribution is 1.02. The molecule has 0 N–H and O–H groups in total. The lowest BCUT2D eigenvalue weighted by Gasteiger charge is -2.14. The van der Waals surface area contributed by atoms with Gasteiger partial charge >= 0.3 is 0 Å². The molecular formula is C54H32N4S. The fourth-order valence-corrected chi connectivity index (χ4v) is 10.8. The van der Waals surface area contributed by atoms with Gasteiger partial charge in [-0.25, -0.2) is 9.97 Å². The number of para-hydroxylation sites is 4. The summed E-state index contributed by atoms with van der Waals surface area (Å²) < 4.78 is 7.21. The zero-order valence-electron chi connectivity index (χ0n) is 31.7. The van der Waals surface area contributed by atoms with Crippen LogP contribution in [0.5, 0.6) is 0 Å².